The van der Waals surface area contributed by atoms with Crippen LogP contribution in [-0.2, 0) is 19.6 Å². The standard InChI is InChI=1S/C24H27NO3/c1-26-21-14-23(27-2)22(24(15-21)28-3)18-25(16-19-10-6-4-7-11-19)17-20-12-8-5-9-13-20/h4-15H,16-18H2,1-3H3. The Morgan fingerprint density at radius 1 is 0.607 bits per heavy atom. The van der Waals surface area contributed by atoms with Crippen molar-refractivity contribution in [2.45, 2.75) is 19.6 Å². The molecule has 0 amide bonds. The normalized spacial score (nSPS) is 10.7. The first-order chi connectivity index (χ1) is 13.7. The zero-order chi connectivity index (χ0) is 19.8. The number of rotatable bonds is 9. The van der Waals surface area contributed by atoms with Crippen molar-refractivity contribution < 1.29 is 14.2 Å². The third-order valence-electron chi connectivity index (χ3n) is 4.70. The minimum absolute atomic E-state index is 0.695. The van der Waals surface area contributed by atoms with Crippen molar-refractivity contribution in [3.05, 3.63) is 89.5 Å². The lowest BCUT2D eigenvalue weighted by Gasteiger charge is -2.25. The maximum atomic E-state index is 5.64. The van der Waals surface area contributed by atoms with Crippen LogP contribution in [-0.4, -0.2) is 26.2 Å². The number of benzene rings is 3. The van der Waals surface area contributed by atoms with E-state index in [4.69, 9.17) is 14.2 Å². The molecule has 0 bridgehead atoms. The number of ether oxygens (including phenoxy) is 3. The fourth-order valence-electron chi connectivity index (χ4n) is 3.31. The molecule has 3 aromatic carbocycles. The van der Waals surface area contributed by atoms with Crippen LogP contribution in [0, 0.1) is 0 Å². The zero-order valence-electron chi connectivity index (χ0n) is 16.7. The molecule has 0 heterocycles. The fraction of sp³-hybridized carbons (Fsp3) is 0.250. The average Bonchev–Trinajstić information content (AvgIpc) is 2.75. The van der Waals surface area contributed by atoms with Gasteiger partial charge in [0.25, 0.3) is 0 Å². The topological polar surface area (TPSA) is 30.9 Å². The second-order valence-electron chi connectivity index (χ2n) is 6.63. The van der Waals surface area contributed by atoms with Gasteiger partial charge in [0.05, 0.1) is 26.9 Å². The van der Waals surface area contributed by atoms with Crippen molar-refractivity contribution >= 4 is 0 Å². The Morgan fingerprint density at radius 3 is 1.46 bits per heavy atom. The molecule has 0 atom stereocenters. The molecule has 4 heteroatoms. The van der Waals surface area contributed by atoms with E-state index in [9.17, 15) is 0 Å². The molecule has 3 aromatic rings. The average molecular weight is 377 g/mol. The molecule has 0 fully saturated rings. The highest BCUT2D eigenvalue weighted by atomic mass is 16.5. The van der Waals surface area contributed by atoms with Crippen LogP contribution >= 0.6 is 0 Å². The van der Waals surface area contributed by atoms with Gasteiger partial charge in [-0.25, -0.2) is 0 Å². The fourth-order valence-corrected chi connectivity index (χ4v) is 3.31. The molecule has 0 aliphatic rings. The van der Waals surface area contributed by atoms with Gasteiger partial charge in [0.15, 0.2) is 0 Å². The van der Waals surface area contributed by atoms with Gasteiger partial charge in [-0.2, -0.15) is 0 Å². The summed E-state index contributed by atoms with van der Waals surface area (Å²) in [6, 6.07) is 24.8. The molecule has 0 saturated heterocycles. The van der Waals surface area contributed by atoms with E-state index in [0.29, 0.717) is 6.54 Å². The van der Waals surface area contributed by atoms with Crippen LogP contribution in [0.1, 0.15) is 16.7 Å². The van der Waals surface area contributed by atoms with Gasteiger partial charge >= 0.3 is 0 Å². The Kier molecular flexibility index (Phi) is 6.93. The molecular weight excluding hydrogens is 350 g/mol. The Balaban J connectivity index is 1.92. The summed E-state index contributed by atoms with van der Waals surface area (Å²) < 4.78 is 16.7. The van der Waals surface area contributed by atoms with Crippen molar-refractivity contribution in [3.63, 3.8) is 0 Å². The SMILES string of the molecule is COc1cc(OC)c(CN(Cc2ccccc2)Cc2ccccc2)c(OC)c1. The number of nitrogens with zero attached hydrogens (tertiary/aromatic N) is 1. The van der Waals surface area contributed by atoms with Crippen LogP contribution in [0.25, 0.3) is 0 Å². The number of methoxy groups -OCH3 is 3. The van der Waals surface area contributed by atoms with Gasteiger partial charge in [0, 0.05) is 31.8 Å². The lowest BCUT2D eigenvalue weighted by molar-refractivity contribution is 0.238. The molecule has 0 radical (unpaired) electrons. The second kappa shape index (κ2) is 9.81. The minimum atomic E-state index is 0.695. The van der Waals surface area contributed by atoms with Crippen LogP contribution in [0.2, 0.25) is 0 Å². The maximum absolute atomic E-state index is 5.64. The molecule has 28 heavy (non-hydrogen) atoms. The van der Waals surface area contributed by atoms with Crippen LogP contribution in [0.15, 0.2) is 72.8 Å². The van der Waals surface area contributed by atoms with Gasteiger partial charge in [-0.05, 0) is 11.1 Å². The van der Waals surface area contributed by atoms with Gasteiger partial charge < -0.3 is 14.2 Å². The van der Waals surface area contributed by atoms with Crippen LogP contribution in [0.3, 0.4) is 0 Å². The van der Waals surface area contributed by atoms with Gasteiger partial charge in [-0.15, -0.1) is 0 Å². The summed E-state index contributed by atoms with van der Waals surface area (Å²) >= 11 is 0. The molecule has 0 unspecified atom stereocenters. The van der Waals surface area contributed by atoms with Crippen LogP contribution < -0.4 is 14.2 Å². The van der Waals surface area contributed by atoms with E-state index in [2.05, 4.69) is 53.4 Å². The predicted molar refractivity (Wildman–Crippen MR) is 112 cm³/mol. The third-order valence-corrected chi connectivity index (χ3v) is 4.70. The van der Waals surface area contributed by atoms with E-state index in [-0.39, 0.29) is 0 Å². The van der Waals surface area contributed by atoms with Crippen LogP contribution in [0.5, 0.6) is 17.2 Å². The monoisotopic (exact) mass is 377 g/mol. The minimum Gasteiger partial charge on any atom is -0.496 e. The van der Waals surface area contributed by atoms with Gasteiger partial charge in [0.2, 0.25) is 0 Å². The Morgan fingerprint density at radius 2 is 1.07 bits per heavy atom. The first kappa shape index (κ1) is 19.8. The lowest BCUT2D eigenvalue weighted by Crippen LogP contribution is -2.23. The Bertz CT molecular complexity index is 799. The third kappa shape index (κ3) is 5.05. The van der Waals surface area contributed by atoms with E-state index >= 15 is 0 Å². The molecule has 4 nitrogen and oxygen atoms in total. The molecule has 146 valence electrons. The van der Waals surface area contributed by atoms with Crippen LogP contribution in [0.4, 0.5) is 0 Å². The molecule has 0 aliphatic carbocycles. The molecule has 0 aromatic heterocycles. The summed E-state index contributed by atoms with van der Waals surface area (Å²) in [5.74, 6) is 2.25. The predicted octanol–water partition coefficient (Wildman–Crippen LogP) is 4.91. The highest BCUT2D eigenvalue weighted by molar-refractivity contribution is 5.50. The molecule has 3 rings (SSSR count). The summed E-state index contributed by atoms with van der Waals surface area (Å²) in [7, 11) is 5.00. The summed E-state index contributed by atoms with van der Waals surface area (Å²) in [6.45, 7) is 2.35. The lowest BCUT2D eigenvalue weighted by atomic mass is 10.1. The van der Waals surface area contributed by atoms with E-state index in [1.54, 1.807) is 21.3 Å². The highest BCUT2D eigenvalue weighted by Gasteiger charge is 2.17. The van der Waals surface area contributed by atoms with E-state index in [1.807, 2.05) is 24.3 Å². The largest absolute Gasteiger partial charge is 0.496 e. The van der Waals surface area contributed by atoms with Gasteiger partial charge in [0.1, 0.15) is 17.2 Å². The van der Waals surface area contributed by atoms with Gasteiger partial charge in [-0.1, -0.05) is 60.7 Å². The van der Waals surface area contributed by atoms with E-state index in [0.717, 1.165) is 35.9 Å². The highest BCUT2D eigenvalue weighted by Crippen LogP contribution is 2.35. The maximum Gasteiger partial charge on any atom is 0.130 e. The first-order valence-electron chi connectivity index (χ1n) is 9.32. The number of hydrogen-bond acceptors (Lipinski definition) is 4. The van der Waals surface area contributed by atoms with Crippen molar-refractivity contribution in [1.29, 1.82) is 0 Å². The smallest absolute Gasteiger partial charge is 0.130 e. The van der Waals surface area contributed by atoms with E-state index < -0.39 is 0 Å². The van der Waals surface area contributed by atoms with Crippen molar-refractivity contribution in [1.82, 2.24) is 4.90 Å². The Labute approximate surface area is 167 Å². The number of hydrogen-bond donors (Lipinski definition) is 0. The van der Waals surface area contributed by atoms with Crippen molar-refractivity contribution in [2.24, 2.45) is 0 Å². The van der Waals surface area contributed by atoms with Crippen molar-refractivity contribution in [3.8, 4) is 17.2 Å². The quantitative estimate of drug-likeness (QED) is 0.530. The summed E-state index contributed by atoms with van der Waals surface area (Å²) in [5.41, 5.74) is 3.55. The molecule has 0 saturated carbocycles. The van der Waals surface area contributed by atoms with Gasteiger partial charge in [-0.3, -0.25) is 4.90 Å². The summed E-state index contributed by atoms with van der Waals surface area (Å²) in [5, 5.41) is 0. The second-order valence-corrected chi connectivity index (χ2v) is 6.63. The molecule has 0 spiro atoms. The summed E-state index contributed by atoms with van der Waals surface area (Å²) in [4.78, 5) is 2.39. The van der Waals surface area contributed by atoms with E-state index in [1.165, 1.54) is 11.1 Å². The molecular formula is C24H27NO3. The molecule has 0 N–H and O–H groups in total. The Hall–Kier alpha value is -2.98. The summed E-state index contributed by atoms with van der Waals surface area (Å²) in [6.07, 6.45) is 0. The van der Waals surface area contributed by atoms with Crippen molar-refractivity contribution in [2.75, 3.05) is 21.3 Å². The molecule has 0 aliphatic heterocycles. The first-order valence-corrected chi connectivity index (χ1v) is 9.32. The zero-order valence-corrected chi connectivity index (χ0v) is 16.7.